The summed E-state index contributed by atoms with van der Waals surface area (Å²) in [6.45, 7) is 1.10. The molecule has 0 bridgehead atoms. The summed E-state index contributed by atoms with van der Waals surface area (Å²) < 4.78 is 10.7. The molecule has 0 fully saturated rings. The van der Waals surface area contributed by atoms with Crippen LogP contribution in [-0.2, 0) is 16.1 Å². The third kappa shape index (κ3) is 3.60. The van der Waals surface area contributed by atoms with Gasteiger partial charge in [0.2, 0.25) is 0 Å². The number of carbonyl (C=O) groups excluding carboxylic acids is 1. The quantitative estimate of drug-likeness (QED) is 0.812. The van der Waals surface area contributed by atoms with Crippen molar-refractivity contribution in [3.8, 4) is 0 Å². The Morgan fingerprint density at radius 2 is 2.11 bits per heavy atom. The van der Waals surface area contributed by atoms with E-state index < -0.39 is 6.09 Å². The van der Waals surface area contributed by atoms with E-state index in [1.165, 1.54) is 0 Å². The number of hydrogen-bond donors (Lipinski definition) is 1. The van der Waals surface area contributed by atoms with Gasteiger partial charge in [-0.25, -0.2) is 4.79 Å². The number of hydrogen-bond acceptors (Lipinski definition) is 3. The standard InChI is InChI=1S/C14H17NO3/c15-14(16)18-13-8-4-7-12(13)10-17-9-11-5-2-1-3-6-11/h1-7,12-13H,8-10H2,(H2,15,16)/t12-,13+/m0/s1. The fraction of sp³-hybridized carbons (Fsp3) is 0.357. The topological polar surface area (TPSA) is 61.6 Å². The van der Waals surface area contributed by atoms with Crippen LogP contribution in [0.25, 0.3) is 0 Å². The molecule has 0 unspecified atom stereocenters. The molecule has 0 aliphatic heterocycles. The van der Waals surface area contributed by atoms with Crippen LogP contribution < -0.4 is 5.73 Å². The van der Waals surface area contributed by atoms with Crippen molar-refractivity contribution < 1.29 is 14.3 Å². The Balaban J connectivity index is 1.76. The smallest absolute Gasteiger partial charge is 0.404 e. The fourth-order valence-corrected chi connectivity index (χ4v) is 2.02. The van der Waals surface area contributed by atoms with E-state index in [-0.39, 0.29) is 12.0 Å². The summed E-state index contributed by atoms with van der Waals surface area (Å²) in [5.74, 6) is 0.0983. The van der Waals surface area contributed by atoms with Crippen molar-refractivity contribution in [2.75, 3.05) is 6.61 Å². The van der Waals surface area contributed by atoms with Crippen LogP contribution in [0.2, 0.25) is 0 Å². The monoisotopic (exact) mass is 247 g/mol. The molecular weight excluding hydrogens is 230 g/mol. The first-order valence-electron chi connectivity index (χ1n) is 6.00. The second kappa shape index (κ2) is 6.21. The minimum absolute atomic E-state index is 0.0983. The van der Waals surface area contributed by atoms with Crippen LogP contribution in [0, 0.1) is 5.92 Å². The van der Waals surface area contributed by atoms with Gasteiger partial charge in [0.05, 0.1) is 13.2 Å². The highest BCUT2D eigenvalue weighted by molar-refractivity contribution is 5.64. The largest absolute Gasteiger partial charge is 0.445 e. The third-order valence-corrected chi connectivity index (χ3v) is 2.92. The van der Waals surface area contributed by atoms with Crippen molar-refractivity contribution in [3.63, 3.8) is 0 Å². The van der Waals surface area contributed by atoms with Gasteiger partial charge in [-0.05, 0) is 5.56 Å². The van der Waals surface area contributed by atoms with Crippen LogP contribution in [0.3, 0.4) is 0 Å². The van der Waals surface area contributed by atoms with E-state index in [1.807, 2.05) is 42.5 Å². The molecule has 2 atom stereocenters. The molecule has 4 nitrogen and oxygen atoms in total. The Morgan fingerprint density at radius 1 is 1.33 bits per heavy atom. The molecule has 0 spiro atoms. The number of primary amides is 1. The minimum atomic E-state index is -0.725. The molecule has 18 heavy (non-hydrogen) atoms. The molecule has 1 amide bonds. The Kier molecular flexibility index (Phi) is 4.36. The Hall–Kier alpha value is -1.81. The van der Waals surface area contributed by atoms with E-state index in [0.717, 1.165) is 5.56 Å². The van der Waals surface area contributed by atoms with Crippen molar-refractivity contribution in [2.45, 2.75) is 19.1 Å². The van der Waals surface area contributed by atoms with Crippen LogP contribution in [0.5, 0.6) is 0 Å². The molecule has 0 aromatic heterocycles. The highest BCUT2D eigenvalue weighted by atomic mass is 16.6. The van der Waals surface area contributed by atoms with Crippen molar-refractivity contribution >= 4 is 6.09 Å². The second-order valence-corrected chi connectivity index (χ2v) is 4.30. The maximum atomic E-state index is 10.7. The summed E-state index contributed by atoms with van der Waals surface area (Å²) in [6, 6.07) is 9.96. The predicted octanol–water partition coefficient (Wildman–Crippen LogP) is 2.24. The zero-order chi connectivity index (χ0) is 12.8. The van der Waals surface area contributed by atoms with Crippen molar-refractivity contribution in [3.05, 3.63) is 48.0 Å². The molecule has 1 aromatic carbocycles. The average Bonchev–Trinajstić information content (AvgIpc) is 2.77. The number of amides is 1. The molecule has 0 heterocycles. The van der Waals surface area contributed by atoms with Crippen LogP contribution in [0.4, 0.5) is 4.79 Å². The van der Waals surface area contributed by atoms with Crippen LogP contribution in [0.1, 0.15) is 12.0 Å². The van der Waals surface area contributed by atoms with E-state index in [1.54, 1.807) is 0 Å². The molecule has 4 heteroatoms. The van der Waals surface area contributed by atoms with Crippen LogP contribution in [0.15, 0.2) is 42.5 Å². The normalized spacial score (nSPS) is 22.0. The highest BCUT2D eigenvalue weighted by Gasteiger charge is 2.25. The van der Waals surface area contributed by atoms with Gasteiger partial charge in [0.15, 0.2) is 0 Å². The van der Waals surface area contributed by atoms with E-state index in [4.69, 9.17) is 15.2 Å². The lowest BCUT2D eigenvalue weighted by Crippen LogP contribution is -2.28. The first-order valence-corrected chi connectivity index (χ1v) is 6.00. The molecule has 1 aliphatic carbocycles. The summed E-state index contributed by atoms with van der Waals surface area (Å²) in [6.07, 6.45) is 3.81. The zero-order valence-corrected chi connectivity index (χ0v) is 10.1. The van der Waals surface area contributed by atoms with Gasteiger partial charge in [0.25, 0.3) is 0 Å². The lowest BCUT2D eigenvalue weighted by molar-refractivity contribution is 0.0355. The lowest BCUT2D eigenvalue weighted by Gasteiger charge is -2.18. The van der Waals surface area contributed by atoms with Gasteiger partial charge >= 0.3 is 6.09 Å². The van der Waals surface area contributed by atoms with E-state index in [0.29, 0.717) is 19.6 Å². The molecule has 1 aliphatic rings. The number of benzene rings is 1. The van der Waals surface area contributed by atoms with Gasteiger partial charge in [-0.15, -0.1) is 0 Å². The molecule has 0 radical (unpaired) electrons. The molecule has 0 saturated carbocycles. The third-order valence-electron chi connectivity index (χ3n) is 2.92. The Bertz CT molecular complexity index is 416. The van der Waals surface area contributed by atoms with Gasteiger partial charge in [-0.3, -0.25) is 0 Å². The zero-order valence-electron chi connectivity index (χ0n) is 10.1. The number of nitrogens with two attached hydrogens (primary N) is 1. The number of ether oxygens (including phenoxy) is 2. The van der Waals surface area contributed by atoms with Gasteiger partial charge in [-0.1, -0.05) is 42.5 Å². The second-order valence-electron chi connectivity index (χ2n) is 4.30. The molecule has 2 N–H and O–H groups in total. The van der Waals surface area contributed by atoms with Gasteiger partial charge < -0.3 is 15.2 Å². The number of rotatable bonds is 5. The summed E-state index contributed by atoms with van der Waals surface area (Å²) in [7, 11) is 0. The van der Waals surface area contributed by atoms with E-state index in [9.17, 15) is 4.79 Å². The van der Waals surface area contributed by atoms with Crippen LogP contribution >= 0.6 is 0 Å². The SMILES string of the molecule is NC(=O)O[C@@H]1CC=C[C@H]1COCc1ccccc1. The average molecular weight is 247 g/mol. The van der Waals surface area contributed by atoms with E-state index >= 15 is 0 Å². The summed E-state index contributed by atoms with van der Waals surface area (Å²) in [5, 5.41) is 0. The van der Waals surface area contributed by atoms with Gasteiger partial charge in [0, 0.05) is 12.3 Å². The summed E-state index contributed by atoms with van der Waals surface area (Å²) in [5.41, 5.74) is 6.16. The maximum Gasteiger partial charge on any atom is 0.404 e. The summed E-state index contributed by atoms with van der Waals surface area (Å²) in [4.78, 5) is 10.7. The first kappa shape index (κ1) is 12.6. The predicted molar refractivity (Wildman–Crippen MR) is 67.8 cm³/mol. The fourth-order valence-electron chi connectivity index (χ4n) is 2.02. The molecule has 0 saturated heterocycles. The maximum absolute atomic E-state index is 10.7. The van der Waals surface area contributed by atoms with Gasteiger partial charge in [0.1, 0.15) is 6.10 Å². The van der Waals surface area contributed by atoms with E-state index in [2.05, 4.69) is 0 Å². The van der Waals surface area contributed by atoms with Crippen molar-refractivity contribution in [1.82, 2.24) is 0 Å². The van der Waals surface area contributed by atoms with Crippen LogP contribution in [-0.4, -0.2) is 18.8 Å². The number of carbonyl (C=O) groups is 1. The molecular formula is C14H17NO3. The Morgan fingerprint density at radius 3 is 2.83 bits per heavy atom. The molecule has 1 aromatic rings. The van der Waals surface area contributed by atoms with Crippen molar-refractivity contribution in [2.24, 2.45) is 11.7 Å². The minimum Gasteiger partial charge on any atom is -0.445 e. The first-order chi connectivity index (χ1) is 8.75. The Labute approximate surface area is 106 Å². The lowest BCUT2D eigenvalue weighted by atomic mass is 10.1. The van der Waals surface area contributed by atoms with Gasteiger partial charge in [-0.2, -0.15) is 0 Å². The highest BCUT2D eigenvalue weighted by Crippen LogP contribution is 2.22. The van der Waals surface area contributed by atoms with Crippen molar-refractivity contribution in [1.29, 1.82) is 0 Å². The molecule has 96 valence electrons. The molecule has 2 rings (SSSR count). The summed E-state index contributed by atoms with van der Waals surface area (Å²) >= 11 is 0.